The molecule has 0 atom stereocenters. The zero-order valence-electron chi connectivity index (χ0n) is 12.5. The Morgan fingerprint density at radius 3 is 1.94 bits per heavy atom. The van der Waals surface area contributed by atoms with Crippen molar-refractivity contribution in [3.05, 3.63) is 12.2 Å². The lowest BCUT2D eigenvalue weighted by molar-refractivity contribution is -0.140. The number of hydrogen-bond donors (Lipinski definition) is 1. The Balaban J connectivity index is -0.000000216. The van der Waals surface area contributed by atoms with Crippen LogP contribution in [0.4, 0.5) is 0 Å². The third kappa shape index (κ3) is 36.5. The van der Waals surface area contributed by atoms with Gasteiger partial charge in [-0.2, -0.15) is 0 Å². The average molecular weight is 260 g/mol. The van der Waals surface area contributed by atoms with Gasteiger partial charge in [0.25, 0.3) is 6.47 Å². The number of rotatable bonds is 3. The van der Waals surface area contributed by atoms with Crippen molar-refractivity contribution in [1.82, 2.24) is 0 Å². The molecular formula is C14H28O4. The van der Waals surface area contributed by atoms with Crippen molar-refractivity contribution in [3.63, 3.8) is 0 Å². The Kier molecular flexibility index (Phi) is 19.1. The van der Waals surface area contributed by atoms with E-state index < -0.39 is 0 Å². The van der Waals surface area contributed by atoms with Crippen LogP contribution in [0, 0.1) is 5.41 Å². The van der Waals surface area contributed by atoms with Gasteiger partial charge in [0.2, 0.25) is 0 Å². The normalized spacial score (nSPS) is 9.67. The highest BCUT2D eigenvalue weighted by atomic mass is 16.5. The predicted octanol–water partition coefficient (Wildman–Crippen LogP) is 3.66. The number of carbonyl (C=O) groups excluding carboxylic acids is 1. The maximum Gasteiger partial charge on any atom is 0.305 e. The molecule has 108 valence electrons. The molecule has 0 aromatic carbocycles. The Morgan fingerprint density at radius 1 is 1.33 bits per heavy atom. The fourth-order valence-electron chi connectivity index (χ4n) is 0.470. The third-order valence-electron chi connectivity index (χ3n) is 2.04. The second-order valence-electron chi connectivity index (χ2n) is 4.70. The zero-order valence-corrected chi connectivity index (χ0v) is 12.5. The topological polar surface area (TPSA) is 63.6 Å². The summed E-state index contributed by atoms with van der Waals surface area (Å²) in [5.41, 5.74) is 0.542. The van der Waals surface area contributed by atoms with Gasteiger partial charge in [0.05, 0.1) is 7.11 Å². The molecule has 0 spiro atoms. The van der Waals surface area contributed by atoms with Gasteiger partial charge in [-0.3, -0.25) is 9.59 Å². The first-order chi connectivity index (χ1) is 8.28. The molecule has 1 N–H and O–H groups in total. The number of carboxylic acid groups (broad SMARTS) is 1. The molecule has 0 amide bonds. The van der Waals surface area contributed by atoms with Gasteiger partial charge in [-0.25, -0.2) is 0 Å². The van der Waals surface area contributed by atoms with Crippen LogP contribution < -0.4 is 0 Å². The Hall–Kier alpha value is -1.32. The third-order valence-corrected chi connectivity index (χ3v) is 2.04. The molecule has 0 rings (SSSR count). The van der Waals surface area contributed by atoms with Crippen LogP contribution in [0.1, 0.15) is 53.9 Å². The van der Waals surface area contributed by atoms with Crippen molar-refractivity contribution < 1.29 is 19.4 Å². The second-order valence-corrected chi connectivity index (χ2v) is 4.70. The maximum absolute atomic E-state index is 10.4. The van der Waals surface area contributed by atoms with Gasteiger partial charge in [-0.15, -0.1) is 0 Å². The number of allylic oxidation sites excluding steroid dienone is 2. The van der Waals surface area contributed by atoms with E-state index in [9.17, 15) is 4.79 Å². The molecule has 0 saturated heterocycles. The van der Waals surface area contributed by atoms with E-state index in [0.29, 0.717) is 11.8 Å². The maximum atomic E-state index is 10.4. The number of esters is 1. The first-order valence-electron chi connectivity index (χ1n) is 6.04. The quantitative estimate of drug-likeness (QED) is 0.478. The minimum atomic E-state index is -0.250. The van der Waals surface area contributed by atoms with Crippen LogP contribution >= 0.6 is 0 Å². The first-order valence-corrected chi connectivity index (χ1v) is 6.04. The first kappa shape index (κ1) is 21.9. The van der Waals surface area contributed by atoms with E-state index >= 15 is 0 Å². The SMILES string of the molecule is C/C=C\CCC(=O)OC.CCC(C)(C)C.O=CO. The largest absolute Gasteiger partial charge is 0.483 e. The summed E-state index contributed by atoms with van der Waals surface area (Å²) in [4.78, 5) is 18.8. The lowest BCUT2D eigenvalue weighted by Crippen LogP contribution is -2.00. The number of ether oxygens (including phenoxy) is 1. The number of carbonyl (C=O) groups is 2. The minimum Gasteiger partial charge on any atom is -0.483 e. The fraction of sp³-hybridized carbons (Fsp3) is 0.714. The molecule has 0 aliphatic rings. The molecular weight excluding hydrogens is 232 g/mol. The van der Waals surface area contributed by atoms with Crippen molar-refractivity contribution >= 4 is 12.4 Å². The van der Waals surface area contributed by atoms with Crippen molar-refractivity contribution in [2.45, 2.75) is 53.9 Å². The molecule has 0 heterocycles. The fourth-order valence-corrected chi connectivity index (χ4v) is 0.470. The van der Waals surface area contributed by atoms with Crippen molar-refractivity contribution in [1.29, 1.82) is 0 Å². The Bertz CT molecular complexity index is 214. The molecule has 4 nitrogen and oxygen atoms in total. The summed E-state index contributed by atoms with van der Waals surface area (Å²) in [6.07, 6.45) is 6.40. The van der Waals surface area contributed by atoms with Gasteiger partial charge in [-0.1, -0.05) is 46.3 Å². The van der Waals surface area contributed by atoms with E-state index in [1.165, 1.54) is 13.5 Å². The lowest BCUT2D eigenvalue weighted by atomic mass is 9.94. The van der Waals surface area contributed by atoms with E-state index in [2.05, 4.69) is 32.4 Å². The van der Waals surface area contributed by atoms with Gasteiger partial charge >= 0.3 is 5.97 Å². The standard InChI is InChI=1S/C7H12O2.C6H14.CH2O2/c1-3-4-5-6-7(8)9-2;1-5-6(2,3)4;2-1-3/h3-4H,5-6H2,1-2H3;5H2,1-4H3;1H,(H,2,3)/b4-3-;;. The van der Waals surface area contributed by atoms with E-state index in [1.807, 2.05) is 19.1 Å². The molecule has 0 aliphatic carbocycles. The van der Waals surface area contributed by atoms with Crippen molar-refractivity contribution in [2.24, 2.45) is 5.41 Å². The summed E-state index contributed by atoms with van der Waals surface area (Å²) < 4.78 is 4.42. The van der Waals surface area contributed by atoms with Crippen LogP contribution in [0.5, 0.6) is 0 Å². The second kappa shape index (κ2) is 15.7. The Morgan fingerprint density at radius 2 is 1.72 bits per heavy atom. The predicted molar refractivity (Wildman–Crippen MR) is 74.5 cm³/mol. The van der Waals surface area contributed by atoms with Gasteiger partial charge in [0, 0.05) is 6.42 Å². The van der Waals surface area contributed by atoms with Gasteiger partial charge in [0.1, 0.15) is 0 Å². The number of hydrogen-bond acceptors (Lipinski definition) is 3. The van der Waals surface area contributed by atoms with E-state index in [1.54, 1.807) is 0 Å². The van der Waals surface area contributed by atoms with Gasteiger partial charge in [0.15, 0.2) is 0 Å². The highest BCUT2D eigenvalue weighted by Gasteiger charge is 2.03. The summed E-state index contributed by atoms with van der Waals surface area (Å²) in [6, 6.07) is 0. The highest BCUT2D eigenvalue weighted by molar-refractivity contribution is 5.69. The number of methoxy groups -OCH3 is 1. The summed E-state index contributed by atoms with van der Waals surface area (Å²) >= 11 is 0. The highest BCUT2D eigenvalue weighted by Crippen LogP contribution is 2.16. The van der Waals surface area contributed by atoms with Crippen molar-refractivity contribution in [3.8, 4) is 0 Å². The van der Waals surface area contributed by atoms with Crippen LogP contribution in [0.2, 0.25) is 0 Å². The van der Waals surface area contributed by atoms with Crippen molar-refractivity contribution in [2.75, 3.05) is 7.11 Å². The summed E-state index contributed by atoms with van der Waals surface area (Å²) in [5.74, 6) is -0.145. The van der Waals surface area contributed by atoms with E-state index in [4.69, 9.17) is 9.90 Å². The average Bonchev–Trinajstić information content (AvgIpc) is 2.30. The molecule has 18 heavy (non-hydrogen) atoms. The molecule has 0 aliphatic heterocycles. The van der Waals surface area contributed by atoms with Crippen LogP contribution in [0.25, 0.3) is 0 Å². The monoisotopic (exact) mass is 260 g/mol. The molecule has 0 saturated carbocycles. The molecule has 0 radical (unpaired) electrons. The van der Waals surface area contributed by atoms with Gasteiger partial charge < -0.3 is 9.84 Å². The van der Waals surface area contributed by atoms with Crippen LogP contribution in [0.15, 0.2) is 12.2 Å². The van der Waals surface area contributed by atoms with E-state index in [-0.39, 0.29) is 12.4 Å². The Labute approximate surface area is 111 Å². The minimum absolute atomic E-state index is 0.145. The molecule has 0 aromatic heterocycles. The van der Waals surface area contributed by atoms with Crippen LogP contribution in [0.3, 0.4) is 0 Å². The summed E-state index contributed by atoms with van der Waals surface area (Å²) in [6.45, 7) is 10.6. The molecule has 0 aromatic rings. The van der Waals surface area contributed by atoms with E-state index in [0.717, 1.165) is 6.42 Å². The van der Waals surface area contributed by atoms with Crippen LogP contribution in [-0.4, -0.2) is 24.7 Å². The van der Waals surface area contributed by atoms with Gasteiger partial charge in [-0.05, 0) is 18.8 Å². The van der Waals surface area contributed by atoms with Crippen LogP contribution in [-0.2, 0) is 14.3 Å². The summed E-state index contributed by atoms with van der Waals surface area (Å²) in [5, 5.41) is 6.89. The molecule has 0 bridgehead atoms. The lowest BCUT2D eigenvalue weighted by Gasteiger charge is -2.12. The smallest absolute Gasteiger partial charge is 0.305 e. The molecule has 0 unspecified atom stereocenters. The zero-order chi connectivity index (χ0) is 15.0. The molecule has 0 fully saturated rings. The molecule has 4 heteroatoms. The summed E-state index contributed by atoms with van der Waals surface area (Å²) in [7, 11) is 1.40.